The Kier molecular flexibility index (Phi) is 6.84. The van der Waals surface area contributed by atoms with E-state index < -0.39 is 0 Å². The molecule has 1 N–H and O–H groups in total. The fourth-order valence-corrected chi connectivity index (χ4v) is 7.51. The normalized spacial score (nSPS) is 27.1. The highest BCUT2D eigenvalue weighted by atomic mass is 35.5. The molecule has 7 nitrogen and oxygen atoms in total. The lowest BCUT2D eigenvalue weighted by Crippen LogP contribution is -2.53. The molecule has 1 amide bonds. The van der Waals surface area contributed by atoms with Gasteiger partial charge in [0.25, 0.3) is 0 Å². The number of halogens is 2. The molecular weight excluding hydrogens is 495 g/mol. The molecule has 4 aliphatic rings. The molecule has 0 radical (unpaired) electrons. The number of esters is 1. The van der Waals surface area contributed by atoms with Crippen molar-refractivity contribution in [3.05, 3.63) is 34.1 Å². The van der Waals surface area contributed by atoms with E-state index in [2.05, 4.69) is 15.5 Å². The number of benzene rings is 1. The number of hydrogen-bond donors (Lipinski definition) is 1. The summed E-state index contributed by atoms with van der Waals surface area (Å²) in [5.41, 5.74) is 0.481. The Bertz CT molecular complexity index is 1070. The molecular formula is C24H28Cl2N4O3S. The van der Waals surface area contributed by atoms with Crippen molar-refractivity contribution < 1.29 is 14.3 Å². The van der Waals surface area contributed by atoms with E-state index in [1.165, 1.54) is 31.0 Å². The molecule has 0 atom stereocenters. The predicted octanol–water partition coefficient (Wildman–Crippen LogP) is 5.06. The van der Waals surface area contributed by atoms with E-state index >= 15 is 0 Å². The molecule has 0 aliphatic heterocycles. The lowest BCUT2D eigenvalue weighted by molar-refractivity contribution is -0.146. The fraction of sp³-hybridized carbons (Fsp3) is 0.583. The minimum Gasteiger partial charge on any atom is -0.465 e. The Morgan fingerprint density at radius 3 is 2.41 bits per heavy atom. The zero-order chi connectivity index (χ0) is 23.9. The van der Waals surface area contributed by atoms with E-state index in [9.17, 15) is 9.59 Å². The van der Waals surface area contributed by atoms with Crippen molar-refractivity contribution in [3.8, 4) is 5.69 Å². The second-order valence-electron chi connectivity index (χ2n) is 9.81. The molecule has 4 fully saturated rings. The van der Waals surface area contributed by atoms with E-state index in [1.807, 2.05) is 10.6 Å². The SMILES string of the molecule is CCOC(=O)CSc1nnc(CNC(=O)C23CC4CC(CC(C4)C2)C3)n1-c1ccc(Cl)c(Cl)c1. The van der Waals surface area contributed by atoms with Crippen molar-refractivity contribution in [2.24, 2.45) is 23.2 Å². The number of carbonyl (C=O) groups excluding carboxylic acids is 2. The first-order valence-corrected chi connectivity index (χ1v) is 13.6. The summed E-state index contributed by atoms with van der Waals surface area (Å²) < 4.78 is 6.85. The maximum Gasteiger partial charge on any atom is 0.316 e. The van der Waals surface area contributed by atoms with Crippen molar-refractivity contribution in [1.82, 2.24) is 20.1 Å². The Morgan fingerprint density at radius 1 is 1.12 bits per heavy atom. The largest absolute Gasteiger partial charge is 0.465 e. The molecule has 0 saturated heterocycles. The average molecular weight is 523 g/mol. The summed E-state index contributed by atoms with van der Waals surface area (Å²) in [6.07, 6.45) is 6.89. The minimum atomic E-state index is -0.326. The van der Waals surface area contributed by atoms with Crippen LogP contribution in [0.15, 0.2) is 23.4 Å². The lowest BCUT2D eigenvalue weighted by Gasteiger charge is -2.55. The van der Waals surface area contributed by atoms with Crippen LogP contribution in [-0.4, -0.2) is 39.0 Å². The van der Waals surface area contributed by atoms with Crippen molar-refractivity contribution in [1.29, 1.82) is 0 Å². The molecule has 1 heterocycles. The average Bonchev–Trinajstić information content (AvgIpc) is 3.20. The van der Waals surface area contributed by atoms with E-state index in [1.54, 1.807) is 19.1 Å². The standard InChI is InChI=1S/C24H28Cl2N4O3S/c1-2-33-21(31)13-34-23-29-28-20(30(23)17-3-4-18(25)19(26)8-17)12-27-22(32)24-9-14-5-15(10-24)7-16(6-14)11-24/h3-4,8,14-16H,2,5-7,9-13H2,1H3,(H,27,32). The van der Waals surface area contributed by atoms with Crippen LogP contribution in [-0.2, 0) is 20.9 Å². The number of nitrogens with zero attached hydrogens (tertiary/aromatic N) is 3. The maximum absolute atomic E-state index is 13.4. The maximum atomic E-state index is 13.4. The number of ether oxygens (including phenoxy) is 1. The molecule has 10 heteroatoms. The number of aromatic nitrogens is 3. The van der Waals surface area contributed by atoms with Crippen LogP contribution in [0.2, 0.25) is 10.0 Å². The molecule has 1 aromatic heterocycles. The lowest BCUT2D eigenvalue weighted by atomic mass is 9.49. The molecule has 0 unspecified atom stereocenters. The van der Waals surface area contributed by atoms with Crippen LogP contribution in [0.25, 0.3) is 5.69 Å². The number of carbonyl (C=O) groups is 2. The topological polar surface area (TPSA) is 86.1 Å². The van der Waals surface area contributed by atoms with Crippen LogP contribution in [0.1, 0.15) is 51.3 Å². The summed E-state index contributed by atoms with van der Waals surface area (Å²) in [5, 5.41) is 13.2. The summed E-state index contributed by atoms with van der Waals surface area (Å²) in [6, 6.07) is 5.25. The third-order valence-corrected chi connectivity index (χ3v) is 9.05. The summed E-state index contributed by atoms with van der Waals surface area (Å²) in [4.78, 5) is 25.3. The van der Waals surface area contributed by atoms with Crippen LogP contribution in [0.4, 0.5) is 0 Å². The minimum absolute atomic E-state index is 0.104. The smallest absolute Gasteiger partial charge is 0.316 e. The first-order valence-electron chi connectivity index (χ1n) is 11.8. The van der Waals surface area contributed by atoms with Crippen molar-refractivity contribution >= 4 is 46.8 Å². The van der Waals surface area contributed by atoms with Crippen LogP contribution < -0.4 is 5.32 Å². The van der Waals surface area contributed by atoms with Crippen molar-refractivity contribution in [2.45, 2.75) is 57.1 Å². The van der Waals surface area contributed by atoms with Gasteiger partial charge in [-0.1, -0.05) is 35.0 Å². The van der Waals surface area contributed by atoms with Crippen molar-refractivity contribution in [3.63, 3.8) is 0 Å². The Labute approximate surface area is 213 Å². The van der Waals surface area contributed by atoms with Gasteiger partial charge < -0.3 is 10.1 Å². The van der Waals surface area contributed by atoms with Gasteiger partial charge in [0.1, 0.15) is 0 Å². The van der Waals surface area contributed by atoms with Gasteiger partial charge in [0.05, 0.1) is 34.6 Å². The van der Waals surface area contributed by atoms with Gasteiger partial charge in [-0.05, 0) is 81.4 Å². The van der Waals surface area contributed by atoms with Crippen LogP contribution in [0.5, 0.6) is 0 Å². The molecule has 4 saturated carbocycles. The molecule has 2 aromatic rings. The van der Waals surface area contributed by atoms with Gasteiger partial charge in [-0.15, -0.1) is 10.2 Å². The van der Waals surface area contributed by atoms with Crippen LogP contribution >= 0.6 is 35.0 Å². The zero-order valence-corrected chi connectivity index (χ0v) is 21.4. The quantitative estimate of drug-likeness (QED) is 0.385. The predicted molar refractivity (Wildman–Crippen MR) is 131 cm³/mol. The van der Waals surface area contributed by atoms with Crippen molar-refractivity contribution in [2.75, 3.05) is 12.4 Å². The monoisotopic (exact) mass is 522 g/mol. The number of amides is 1. The molecule has 4 bridgehead atoms. The molecule has 0 spiro atoms. The molecule has 6 rings (SSSR count). The van der Waals surface area contributed by atoms with Crippen LogP contribution in [0, 0.1) is 23.2 Å². The van der Waals surface area contributed by atoms with Gasteiger partial charge in [-0.25, -0.2) is 0 Å². The van der Waals surface area contributed by atoms with Gasteiger partial charge in [0, 0.05) is 5.41 Å². The highest BCUT2D eigenvalue weighted by Crippen LogP contribution is 2.60. The fourth-order valence-electron chi connectivity index (χ4n) is 6.45. The van der Waals surface area contributed by atoms with Gasteiger partial charge in [-0.2, -0.15) is 0 Å². The molecule has 4 aliphatic carbocycles. The van der Waals surface area contributed by atoms with Crippen LogP contribution in [0.3, 0.4) is 0 Å². The second kappa shape index (κ2) is 9.70. The number of thioether (sulfide) groups is 1. The van der Waals surface area contributed by atoms with E-state index in [0.717, 1.165) is 19.3 Å². The van der Waals surface area contributed by atoms with Gasteiger partial charge in [-0.3, -0.25) is 14.2 Å². The zero-order valence-electron chi connectivity index (χ0n) is 19.1. The molecule has 34 heavy (non-hydrogen) atoms. The molecule has 1 aromatic carbocycles. The first kappa shape index (κ1) is 23.9. The summed E-state index contributed by atoms with van der Waals surface area (Å²) >= 11 is 13.6. The van der Waals surface area contributed by atoms with E-state index in [4.69, 9.17) is 27.9 Å². The van der Waals surface area contributed by atoms with Gasteiger partial charge in [0.2, 0.25) is 5.91 Å². The third kappa shape index (κ3) is 4.69. The Balaban J connectivity index is 1.36. The summed E-state index contributed by atoms with van der Waals surface area (Å²) in [7, 11) is 0. The third-order valence-electron chi connectivity index (χ3n) is 7.41. The highest BCUT2D eigenvalue weighted by molar-refractivity contribution is 7.99. The first-order chi connectivity index (χ1) is 16.4. The number of rotatable bonds is 8. The molecule has 182 valence electrons. The van der Waals surface area contributed by atoms with E-state index in [-0.39, 0.29) is 29.6 Å². The number of hydrogen-bond acceptors (Lipinski definition) is 6. The van der Waals surface area contributed by atoms with E-state index in [0.29, 0.717) is 51.1 Å². The highest BCUT2D eigenvalue weighted by Gasteiger charge is 2.54. The van der Waals surface area contributed by atoms with Gasteiger partial charge >= 0.3 is 5.97 Å². The Hall–Kier alpha value is -1.77. The Morgan fingerprint density at radius 2 is 1.79 bits per heavy atom. The number of nitrogens with one attached hydrogen (secondary N) is 1. The summed E-state index contributed by atoms with van der Waals surface area (Å²) in [5.74, 6) is 2.58. The second-order valence-corrected chi connectivity index (χ2v) is 11.6. The summed E-state index contributed by atoms with van der Waals surface area (Å²) in [6.45, 7) is 2.33. The van der Waals surface area contributed by atoms with Gasteiger partial charge in [0.15, 0.2) is 11.0 Å².